The topological polar surface area (TPSA) is 72.6 Å². The van der Waals surface area contributed by atoms with Gasteiger partial charge in [-0.05, 0) is 25.0 Å². The van der Waals surface area contributed by atoms with Crippen LogP contribution in [0.5, 0.6) is 5.75 Å². The van der Waals surface area contributed by atoms with Crippen molar-refractivity contribution in [3.8, 4) is 5.75 Å². The number of rotatable bonds is 4. The first kappa shape index (κ1) is 13.1. The van der Waals surface area contributed by atoms with Gasteiger partial charge in [0.25, 0.3) is 0 Å². The van der Waals surface area contributed by atoms with Gasteiger partial charge in [0.15, 0.2) is 0 Å². The summed E-state index contributed by atoms with van der Waals surface area (Å²) >= 11 is 0. The van der Waals surface area contributed by atoms with Crippen LogP contribution in [0.15, 0.2) is 24.3 Å². The maximum atomic E-state index is 12.4. The molecule has 0 aromatic heterocycles. The lowest BCUT2D eigenvalue weighted by atomic mass is 10.00. The van der Waals surface area contributed by atoms with Gasteiger partial charge in [0, 0.05) is 6.54 Å². The largest absolute Gasteiger partial charge is 0.490 e. The molecule has 5 nitrogen and oxygen atoms in total. The van der Waals surface area contributed by atoms with Gasteiger partial charge < -0.3 is 10.5 Å². The molecule has 106 valence electrons. The fourth-order valence-electron chi connectivity index (χ4n) is 3.16. The number of benzene rings is 1. The van der Waals surface area contributed by atoms with E-state index in [2.05, 4.69) is 0 Å². The van der Waals surface area contributed by atoms with Crippen LogP contribution >= 0.6 is 0 Å². The first-order chi connectivity index (χ1) is 9.74. The third kappa shape index (κ3) is 1.98. The zero-order valence-electron chi connectivity index (χ0n) is 11.2. The number of imide groups is 1. The Labute approximate surface area is 117 Å². The van der Waals surface area contributed by atoms with Crippen LogP contribution in [0.25, 0.3) is 0 Å². The Hall–Kier alpha value is -1.88. The fourth-order valence-corrected chi connectivity index (χ4v) is 3.16. The van der Waals surface area contributed by atoms with Gasteiger partial charge in [0.05, 0.1) is 17.5 Å². The average Bonchev–Trinajstić information content (AvgIpc) is 3.02. The first-order valence-electron chi connectivity index (χ1n) is 7.03. The highest BCUT2D eigenvalue weighted by Gasteiger charge is 2.50. The number of hydrogen-bond acceptors (Lipinski definition) is 4. The quantitative estimate of drug-likeness (QED) is 0.840. The van der Waals surface area contributed by atoms with Crippen LogP contribution in [-0.4, -0.2) is 25.0 Å². The van der Waals surface area contributed by atoms with E-state index in [4.69, 9.17) is 10.5 Å². The Morgan fingerprint density at radius 3 is 2.45 bits per heavy atom. The first-order valence-corrected chi connectivity index (χ1v) is 7.03. The molecule has 0 spiro atoms. The molecule has 1 aliphatic carbocycles. The molecule has 1 aliphatic heterocycles. The molecule has 2 N–H and O–H groups in total. The highest BCUT2D eigenvalue weighted by molar-refractivity contribution is 6.22. The zero-order valence-corrected chi connectivity index (χ0v) is 11.2. The normalized spacial score (nSPS) is 25.1. The minimum absolute atomic E-state index is 0.0821. The number of carbonyl (C=O) groups is 2. The molecule has 2 atom stereocenters. The van der Waals surface area contributed by atoms with Crippen molar-refractivity contribution in [2.24, 2.45) is 17.6 Å². The van der Waals surface area contributed by atoms with Crippen LogP contribution in [0.2, 0.25) is 0 Å². The fraction of sp³-hybridized carbons (Fsp3) is 0.467. The van der Waals surface area contributed by atoms with Gasteiger partial charge in [0.1, 0.15) is 12.4 Å². The number of fused-ring (bicyclic) bond motifs is 1. The molecule has 3 rings (SSSR count). The second-order valence-corrected chi connectivity index (χ2v) is 5.26. The Bertz CT molecular complexity index is 522. The van der Waals surface area contributed by atoms with E-state index in [-0.39, 0.29) is 23.7 Å². The molecule has 20 heavy (non-hydrogen) atoms. The van der Waals surface area contributed by atoms with Gasteiger partial charge in [-0.3, -0.25) is 9.59 Å². The second kappa shape index (κ2) is 5.25. The predicted molar refractivity (Wildman–Crippen MR) is 74.3 cm³/mol. The van der Waals surface area contributed by atoms with Crippen molar-refractivity contribution < 1.29 is 14.3 Å². The van der Waals surface area contributed by atoms with Crippen molar-refractivity contribution in [1.29, 1.82) is 0 Å². The lowest BCUT2D eigenvalue weighted by Gasteiger charge is -2.19. The maximum Gasteiger partial charge on any atom is 0.237 e. The third-order valence-corrected chi connectivity index (χ3v) is 4.07. The van der Waals surface area contributed by atoms with Gasteiger partial charge in [-0.2, -0.15) is 0 Å². The number of hydrogen-bond donors (Lipinski definition) is 1. The lowest BCUT2D eigenvalue weighted by Crippen LogP contribution is -2.32. The van der Waals surface area contributed by atoms with Crippen LogP contribution in [0.4, 0.5) is 5.69 Å². The maximum absolute atomic E-state index is 12.4. The highest BCUT2D eigenvalue weighted by atomic mass is 16.5. The molecule has 2 fully saturated rings. The van der Waals surface area contributed by atoms with E-state index in [0.29, 0.717) is 24.6 Å². The average molecular weight is 274 g/mol. The molecule has 0 bridgehead atoms. The lowest BCUT2D eigenvalue weighted by molar-refractivity contribution is -0.122. The summed E-state index contributed by atoms with van der Waals surface area (Å²) in [5, 5.41) is 0. The summed E-state index contributed by atoms with van der Waals surface area (Å²) in [4.78, 5) is 26.2. The number of amides is 2. The van der Waals surface area contributed by atoms with Crippen molar-refractivity contribution in [3.05, 3.63) is 24.3 Å². The molecule has 1 heterocycles. The molecule has 1 saturated heterocycles. The molecular formula is C15H18N2O3. The molecular weight excluding hydrogens is 256 g/mol. The molecule has 2 amide bonds. The number of nitrogens with zero attached hydrogens (tertiary/aromatic N) is 1. The summed E-state index contributed by atoms with van der Waals surface area (Å²) in [7, 11) is 0. The standard InChI is InChI=1S/C15H18N2O3/c16-8-9-20-13-7-2-1-6-12(13)17-14(18)10-4-3-5-11(10)15(17)19/h1-2,6-7,10-11H,3-5,8-9,16H2. The molecule has 1 aromatic rings. The van der Waals surface area contributed by atoms with E-state index in [1.807, 2.05) is 6.07 Å². The van der Waals surface area contributed by atoms with E-state index in [9.17, 15) is 9.59 Å². The minimum atomic E-state index is -0.134. The molecule has 2 unspecified atom stereocenters. The summed E-state index contributed by atoms with van der Waals surface area (Å²) in [5.74, 6) is 0.109. The Morgan fingerprint density at radius 1 is 1.15 bits per heavy atom. The van der Waals surface area contributed by atoms with Crippen LogP contribution in [0, 0.1) is 11.8 Å². The van der Waals surface area contributed by atoms with Crippen LogP contribution in [0.3, 0.4) is 0 Å². The molecule has 1 saturated carbocycles. The Morgan fingerprint density at radius 2 is 1.80 bits per heavy atom. The number of nitrogens with two attached hydrogens (primary N) is 1. The van der Waals surface area contributed by atoms with Crippen molar-refractivity contribution in [2.75, 3.05) is 18.1 Å². The van der Waals surface area contributed by atoms with Crippen LogP contribution in [-0.2, 0) is 9.59 Å². The van der Waals surface area contributed by atoms with Crippen LogP contribution in [0.1, 0.15) is 19.3 Å². The molecule has 0 radical (unpaired) electrons. The van der Waals surface area contributed by atoms with Crippen molar-refractivity contribution >= 4 is 17.5 Å². The molecule has 2 aliphatic rings. The van der Waals surface area contributed by atoms with Gasteiger partial charge in [0.2, 0.25) is 11.8 Å². The van der Waals surface area contributed by atoms with Gasteiger partial charge >= 0.3 is 0 Å². The molecule has 5 heteroatoms. The Kier molecular flexibility index (Phi) is 3.44. The highest BCUT2D eigenvalue weighted by Crippen LogP contribution is 2.43. The monoisotopic (exact) mass is 274 g/mol. The van der Waals surface area contributed by atoms with E-state index in [1.165, 1.54) is 4.90 Å². The second-order valence-electron chi connectivity index (χ2n) is 5.26. The SMILES string of the molecule is NCCOc1ccccc1N1C(=O)C2CCCC2C1=O. The van der Waals surface area contributed by atoms with Crippen molar-refractivity contribution in [1.82, 2.24) is 0 Å². The van der Waals surface area contributed by atoms with Crippen molar-refractivity contribution in [2.45, 2.75) is 19.3 Å². The third-order valence-electron chi connectivity index (χ3n) is 4.07. The van der Waals surface area contributed by atoms with E-state index < -0.39 is 0 Å². The van der Waals surface area contributed by atoms with Crippen molar-refractivity contribution in [3.63, 3.8) is 0 Å². The van der Waals surface area contributed by atoms with Crippen LogP contribution < -0.4 is 15.4 Å². The molecule has 1 aromatic carbocycles. The summed E-state index contributed by atoms with van der Waals surface area (Å²) in [6.45, 7) is 0.752. The summed E-state index contributed by atoms with van der Waals surface area (Å²) in [6.07, 6.45) is 2.60. The number of para-hydroxylation sites is 2. The minimum Gasteiger partial charge on any atom is -0.490 e. The smallest absolute Gasteiger partial charge is 0.237 e. The Balaban J connectivity index is 1.93. The van der Waals surface area contributed by atoms with E-state index in [0.717, 1.165) is 19.3 Å². The number of anilines is 1. The predicted octanol–water partition coefficient (Wildman–Crippen LogP) is 1.31. The zero-order chi connectivity index (χ0) is 14.1. The summed E-state index contributed by atoms with van der Waals surface area (Å²) < 4.78 is 5.55. The number of ether oxygens (including phenoxy) is 1. The summed E-state index contributed by atoms with van der Waals surface area (Å²) in [5.41, 5.74) is 5.98. The summed E-state index contributed by atoms with van der Waals surface area (Å²) in [6, 6.07) is 7.14. The number of carbonyl (C=O) groups excluding carboxylic acids is 2. The van der Waals surface area contributed by atoms with E-state index >= 15 is 0 Å². The van der Waals surface area contributed by atoms with Gasteiger partial charge in [-0.1, -0.05) is 18.6 Å². The van der Waals surface area contributed by atoms with Gasteiger partial charge in [-0.25, -0.2) is 4.90 Å². The van der Waals surface area contributed by atoms with Gasteiger partial charge in [-0.15, -0.1) is 0 Å². The van der Waals surface area contributed by atoms with E-state index in [1.54, 1.807) is 18.2 Å².